The van der Waals surface area contributed by atoms with E-state index in [9.17, 15) is 0 Å². The topological polar surface area (TPSA) is 63.5 Å². The summed E-state index contributed by atoms with van der Waals surface area (Å²) in [6.45, 7) is 2.92. The number of imidazole rings is 1. The van der Waals surface area contributed by atoms with Gasteiger partial charge in [0.25, 0.3) is 0 Å². The molecule has 2 aromatic rings. The Morgan fingerprint density at radius 3 is 2.68 bits per heavy atom. The number of rotatable bonds is 8. The first-order valence-electron chi connectivity index (χ1n) is 10.4. The van der Waals surface area contributed by atoms with Crippen LogP contribution in [0.1, 0.15) is 49.9 Å². The third-order valence-electron chi connectivity index (χ3n) is 5.19. The summed E-state index contributed by atoms with van der Waals surface area (Å²) in [7, 11) is 1.79. The quantitative estimate of drug-likeness (QED) is 0.318. The van der Waals surface area contributed by atoms with Crippen LogP contribution >= 0.6 is 0 Å². The van der Waals surface area contributed by atoms with Crippen LogP contribution in [-0.2, 0) is 17.8 Å². The van der Waals surface area contributed by atoms with Gasteiger partial charge >= 0.3 is 0 Å². The zero-order chi connectivity index (χ0) is 19.4. The smallest absolute Gasteiger partial charge is 0.191 e. The van der Waals surface area contributed by atoms with Gasteiger partial charge < -0.3 is 19.9 Å². The van der Waals surface area contributed by atoms with E-state index in [1.807, 2.05) is 18.5 Å². The minimum atomic E-state index is 0.435. The van der Waals surface area contributed by atoms with Crippen molar-refractivity contribution in [2.45, 2.75) is 57.7 Å². The predicted molar refractivity (Wildman–Crippen MR) is 113 cm³/mol. The van der Waals surface area contributed by atoms with Gasteiger partial charge in [-0.25, -0.2) is 4.98 Å². The highest BCUT2D eigenvalue weighted by molar-refractivity contribution is 5.79. The van der Waals surface area contributed by atoms with Gasteiger partial charge in [-0.05, 0) is 18.4 Å². The molecule has 152 valence electrons. The molecular weight excluding hydrogens is 350 g/mol. The maximum atomic E-state index is 6.03. The Morgan fingerprint density at radius 1 is 1.14 bits per heavy atom. The van der Waals surface area contributed by atoms with Gasteiger partial charge in [0.15, 0.2) is 5.96 Å². The molecule has 1 aromatic heterocycles. The van der Waals surface area contributed by atoms with Crippen LogP contribution in [0.4, 0.5) is 0 Å². The second-order valence-electron chi connectivity index (χ2n) is 7.29. The first kappa shape index (κ1) is 20.4. The van der Waals surface area contributed by atoms with Gasteiger partial charge in [-0.1, -0.05) is 56.0 Å². The minimum Gasteiger partial charge on any atom is -0.376 e. The molecule has 2 N–H and O–H groups in total. The average Bonchev–Trinajstić information content (AvgIpc) is 3.00. The van der Waals surface area contributed by atoms with Crippen LogP contribution in [0.15, 0.2) is 47.7 Å². The van der Waals surface area contributed by atoms with Crippen LogP contribution in [-0.4, -0.2) is 41.8 Å². The average molecular weight is 384 g/mol. The Kier molecular flexibility index (Phi) is 8.37. The molecule has 0 saturated heterocycles. The van der Waals surface area contributed by atoms with Gasteiger partial charge in [-0.15, -0.1) is 0 Å². The fourth-order valence-corrected chi connectivity index (χ4v) is 3.62. The normalized spacial score (nSPS) is 16.0. The second-order valence-corrected chi connectivity index (χ2v) is 7.29. The van der Waals surface area contributed by atoms with Crippen molar-refractivity contribution in [2.75, 3.05) is 20.2 Å². The molecule has 3 rings (SSSR count). The first-order chi connectivity index (χ1) is 13.8. The summed E-state index contributed by atoms with van der Waals surface area (Å²) in [4.78, 5) is 8.78. The lowest BCUT2D eigenvalue weighted by molar-refractivity contribution is 0.0468. The fraction of sp³-hybridized carbons (Fsp3) is 0.545. The van der Waals surface area contributed by atoms with Gasteiger partial charge in [0.05, 0.1) is 19.3 Å². The van der Waals surface area contributed by atoms with Gasteiger partial charge in [-0.3, -0.25) is 4.99 Å². The molecule has 1 aliphatic rings. The molecule has 0 radical (unpaired) electrons. The zero-order valence-corrected chi connectivity index (χ0v) is 16.9. The van der Waals surface area contributed by atoms with Crippen molar-refractivity contribution in [3.63, 3.8) is 0 Å². The number of hydrogen-bond donors (Lipinski definition) is 2. The SMILES string of the molecule is CN=C(NCCOC1CCCCCC1)NCc1nccn1Cc1ccccc1. The Bertz CT molecular complexity index is 705. The van der Waals surface area contributed by atoms with E-state index in [0.717, 1.165) is 24.9 Å². The number of ether oxygens (including phenoxy) is 1. The van der Waals surface area contributed by atoms with Crippen LogP contribution < -0.4 is 10.6 Å². The molecule has 1 fully saturated rings. The van der Waals surface area contributed by atoms with Crippen molar-refractivity contribution >= 4 is 5.96 Å². The Balaban J connectivity index is 1.39. The van der Waals surface area contributed by atoms with Gasteiger partial charge in [0, 0.05) is 32.5 Å². The molecule has 28 heavy (non-hydrogen) atoms. The molecule has 0 bridgehead atoms. The summed E-state index contributed by atoms with van der Waals surface area (Å²) in [5, 5.41) is 6.68. The van der Waals surface area contributed by atoms with E-state index in [1.54, 1.807) is 7.05 Å². The number of nitrogens with zero attached hydrogens (tertiary/aromatic N) is 3. The van der Waals surface area contributed by atoms with Crippen LogP contribution in [0.25, 0.3) is 0 Å². The second kappa shape index (κ2) is 11.5. The van der Waals surface area contributed by atoms with E-state index in [4.69, 9.17) is 4.74 Å². The molecule has 6 nitrogen and oxygen atoms in total. The monoisotopic (exact) mass is 383 g/mol. The van der Waals surface area contributed by atoms with Gasteiger partial charge in [0.2, 0.25) is 0 Å². The van der Waals surface area contributed by atoms with Crippen LogP contribution in [0, 0.1) is 0 Å². The maximum Gasteiger partial charge on any atom is 0.191 e. The zero-order valence-electron chi connectivity index (χ0n) is 16.9. The molecule has 0 spiro atoms. The molecule has 1 aliphatic carbocycles. The van der Waals surface area contributed by atoms with E-state index in [2.05, 4.69) is 49.4 Å². The fourth-order valence-electron chi connectivity index (χ4n) is 3.62. The molecule has 0 amide bonds. The number of aromatic nitrogens is 2. The Hall–Kier alpha value is -2.34. The molecule has 1 aromatic carbocycles. The van der Waals surface area contributed by atoms with E-state index in [1.165, 1.54) is 44.1 Å². The highest BCUT2D eigenvalue weighted by Crippen LogP contribution is 2.19. The van der Waals surface area contributed by atoms with Crippen molar-refractivity contribution in [2.24, 2.45) is 4.99 Å². The molecular formula is C22H33N5O. The van der Waals surface area contributed by atoms with Crippen molar-refractivity contribution in [3.05, 3.63) is 54.1 Å². The Labute approximate surface area is 168 Å². The number of nitrogens with one attached hydrogen (secondary N) is 2. The van der Waals surface area contributed by atoms with Crippen molar-refractivity contribution in [1.82, 2.24) is 20.2 Å². The van der Waals surface area contributed by atoms with E-state index in [-0.39, 0.29) is 0 Å². The summed E-state index contributed by atoms with van der Waals surface area (Å²) in [5.74, 6) is 1.76. The summed E-state index contributed by atoms with van der Waals surface area (Å²) in [5.41, 5.74) is 1.26. The van der Waals surface area contributed by atoms with E-state index >= 15 is 0 Å². The molecule has 6 heteroatoms. The van der Waals surface area contributed by atoms with Crippen molar-refractivity contribution in [1.29, 1.82) is 0 Å². The van der Waals surface area contributed by atoms with Gasteiger partial charge in [-0.2, -0.15) is 0 Å². The van der Waals surface area contributed by atoms with E-state index in [0.29, 0.717) is 19.3 Å². The van der Waals surface area contributed by atoms with Crippen LogP contribution in [0.5, 0.6) is 0 Å². The molecule has 0 aliphatic heterocycles. The molecule has 0 unspecified atom stereocenters. The number of hydrogen-bond acceptors (Lipinski definition) is 3. The lowest BCUT2D eigenvalue weighted by atomic mass is 10.1. The molecule has 1 heterocycles. The third-order valence-corrected chi connectivity index (χ3v) is 5.19. The highest BCUT2D eigenvalue weighted by Gasteiger charge is 2.12. The standard InChI is InChI=1S/C22H33N5O/c1-23-22(25-14-16-28-20-11-7-2-3-8-12-20)26-17-21-24-13-15-27(21)18-19-9-5-4-6-10-19/h4-6,9-10,13,15,20H,2-3,7-8,11-12,14,16-18H2,1H3,(H2,23,25,26). The Morgan fingerprint density at radius 2 is 1.93 bits per heavy atom. The van der Waals surface area contributed by atoms with Gasteiger partial charge in [0.1, 0.15) is 5.82 Å². The summed E-state index contributed by atoms with van der Waals surface area (Å²) in [6.07, 6.45) is 12.0. The summed E-state index contributed by atoms with van der Waals surface area (Å²) < 4.78 is 8.19. The largest absolute Gasteiger partial charge is 0.376 e. The number of aliphatic imine (C=N–C) groups is 1. The molecule has 0 atom stereocenters. The minimum absolute atomic E-state index is 0.435. The van der Waals surface area contributed by atoms with Crippen LogP contribution in [0.2, 0.25) is 0 Å². The van der Waals surface area contributed by atoms with Crippen molar-refractivity contribution in [3.8, 4) is 0 Å². The third kappa shape index (κ3) is 6.68. The first-order valence-corrected chi connectivity index (χ1v) is 10.4. The lowest BCUT2D eigenvalue weighted by Gasteiger charge is -2.17. The number of benzene rings is 1. The summed E-state index contributed by atoms with van der Waals surface area (Å²) in [6, 6.07) is 10.4. The highest BCUT2D eigenvalue weighted by atomic mass is 16.5. The van der Waals surface area contributed by atoms with E-state index < -0.39 is 0 Å². The molecule has 1 saturated carbocycles. The lowest BCUT2D eigenvalue weighted by Crippen LogP contribution is -2.39. The number of guanidine groups is 1. The maximum absolute atomic E-state index is 6.03. The predicted octanol–water partition coefficient (Wildman–Crippen LogP) is 3.34. The van der Waals surface area contributed by atoms with Crippen LogP contribution in [0.3, 0.4) is 0 Å². The van der Waals surface area contributed by atoms with Crippen molar-refractivity contribution < 1.29 is 4.74 Å². The summed E-state index contributed by atoms with van der Waals surface area (Å²) >= 11 is 0.